The van der Waals surface area contributed by atoms with Crippen LogP contribution >= 0.6 is 45.2 Å². The SMILES string of the molecule is Nc1c(/N=N/c2ccc(-c3ccc(/N=N/c4cc(S(=O)(=O)O)c5ccc(I)c(O)c5c4N)cc3)cc2)cc(S(=O)(=O)O)c2ccc(I)c(O)c12. The van der Waals surface area contributed by atoms with E-state index < -0.39 is 30.0 Å². The van der Waals surface area contributed by atoms with Crippen LogP contribution in [0.15, 0.2) is 115 Å². The second-order valence-corrected chi connectivity index (χ2v) is 15.8. The molecular weight excluding hydrogens is 914 g/mol. The van der Waals surface area contributed by atoms with E-state index >= 15 is 0 Å². The average molecular weight is 937 g/mol. The predicted octanol–water partition coefficient (Wildman–Crippen LogP) is 8.77. The van der Waals surface area contributed by atoms with Gasteiger partial charge in [0.15, 0.2) is 0 Å². The summed E-state index contributed by atoms with van der Waals surface area (Å²) in [4.78, 5) is -0.947. The van der Waals surface area contributed by atoms with E-state index in [1.807, 2.05) is 45.2 Å². The molecule has 254 valence electrons. The third kappa shape index (κ3) is 6.81. The Morgan fingerprint density at radius 3 is 1.18 bits per heavy atom. The first kappa shape index (κ1) is 35.3. The van der Waals surface area contributed by atoms with Gasteiger partial charge in [-0.05, 0) is 105 Å². The zero-order valence-corrected chi connectivity index (χ0v) is 31.0. The zero-order valence-electron chi connectivity index (χ0n) is 25.0. The van der Waals surface area contributed by atoms with E-state index in [2.05, 4.69) is 20.5 Å². The van der Waals surface area contributed by atoms with Crippen LogP contribution in [0.5, 0.6) is 11.5 Å². The standard InChI is InChI=1S/C32H22I2N6O8S2/c33-21-11-9-19-25(49(43,44)45)13-23(29(35)27(19)31(21)41)39-37-17-5-1-15(2-6-17)16-3-7-18(8-4-16)38-40-24-14-26(50(46,47)48)20-10-12-22(34)32(42)28(20)30(24)36/h1-14,41-42H,35-36H2,(H,43,44,45)(H,46,47,48)/b39-37+,40-38+. The second kappa shape index (κ2) is 13.3. The van der Waals surface area contributed by atoms with E-state index in [0.29, 0.717) is 18.5 Å². The molecule has 14 nitrogen and oxygen atoms in total. The Morgan fingerprint density at radius 2 is 0.860 bits per heavy atom. The fourth-order valence-corrected chi connectivity index (χ4v) is 7.48. The summed E-state index contributed by atoms with van der Waals surface area (Å²) >= 11 is 3.74. The van der Waals surface area contributed by atoms with Gasteiger partial charge in [-0.1, -0.05) is 36.4 Å². The normalized spacial score (nSPS) is 12.5. The maximum Gasteiger partial charge on any atom is 0.295 e. The maximum absolute atomic E-state index is 12.1. The lowest BCUT2D eigenvalue weighted by Gasteiger charge is -2.12. The molecule has 0 bridgehead atoms. The van der Waals surface area contributed by atoms with Gasteiger partial charge in [0.2, 0.25) is 0 Å². The molecule has 0 aliphatic heterocycles. The number of benzene rings is 6. The molecule has 0 fully saturated rings. The topological polar surface area (TPSA) is 251 Å². The van der Waals surface area contributed by atoms with E-state index in [1.165, 1.54) is 24.3 Å². The molecule has 0 aliphatic rings. The number of hydrogen-bond acceptors (Lipinski definition) is 12. The first-order chi connectivity index (χ1) is 23.5. The number of nitrogens with zero attached hydrogens (tertiary/aromatic N) is 4. The van der Waals surface area contributed by atoms with Gasteiger partial charge >= 0.3 is 0 Å². The first-order valence-corrected chi connectivity index (χ1v) is 19.0. The van der Waals surface area contributed by atoms with Crippen molar-refractivity contribution in [2.45, 2.75) is 9.79 Å². The van der Waals surface area contributed by atoms with Crippen LogP contribution in [0.4, 0.5) is 34.1 Å². The number of anilines is 2. The van der Waals surface area contributed by atoms with Gasteiger partial charge in [-0.25, -0.2) is 0 Å². The number of nitrogen functional groups attached to an aromatic ring is 2. The first-order valence-electron chi connectivity index (χ1n) is 14.0. The van der Waals surface area contributed by atoms with Crippen molar-refractivity contribution in [2.75, 3.05) is 11.5 Å². The summed E-state index contributed by atoms with van der Waals surface area (Å²) in [7, 11) is -9.38. The van der Waals surface area contributed by atoms with Crippen molar-refractivity contribution >= 4 is 121 Å². The lowest BCUT2D eigenvalue weighted by molar-refractivity contribution is 0.476. The third-order valence-electron chi connectivity index (χ3n) is 7.58. The molecule has 0 aliphatic carbocycles. The van der Waals surface area contributed by atoms with Gasteiger partial charge in [0, 0.05) is 10.8 Å². The van der Waals surface area contributed by atoms with E-state index in [-0.39, 0.29) is 55.8 Å². The largest absolute Gasteiger partial charge is 0.506 e. The Balaban J connectivity index is 1.26. The van der Waals surface area contributed by atoms with Gasteiger partial charge in [-0.3, -0.25) is 9.11 Å². The number of phenolic OH excluding ortho intramolecular Hbond substituents is 2. The molecule has 0 heterocycles. The number of halogens is 2. The highest BCUT2D eigenvalue weighted by Gasteiger charge is 2.23. The predicted molar refractivity (Wildman–Crippen MR) is 205 cm³/mol. The number of phenols is 2. The highest BCUT2D eigenvalue weighted by Crippen LogP contribution is 2.44. The molecular formula is C32H22I2N6O8S2. The number of fused-ring (bicyclic) bond motifs is 2. The molecule has 0 unspecified atom stereocenters. The molecule has 0 aromatic heterocycles. The zero-order chi connectivity index (χ0) is 36.1. The number of rotatable bonds is 7. The summed E-state index contributed by atoms with van der Waals surface area (Å²) in [5.74, 6) is -0.503. The molecule has 0 amide bonds. The Labute approximate surface area is 311 Å². The molecule has 0 spiro atoms. The summed E-state index contributed by atoms with van der Waals surface area (Å²) < 4.78 is 68.9. The highest BCUT2D eigenvalue weighted by molar-refractivity contribution is 14.1. The van der Waals surface area contributed by atoms with Crippen molar-refractivity contribution in [1.82, 2.24) is 0 Å². The molecule has 0 radical (unpaired) electrons. The summed E-state index contributed by atoms with van der Waals surface area (Å²) in [6, 6.07) is 21.8. The minimum Gasteiger partial charge on any atom is -0.506 e. The number of aromatic hydroxyl groups is 2. The second-order valence-electron chi connectivity index (χ2n) is 10.7. The monoisotopic (exact) mass is 936 g/mol. The molecule has 6 rings (SSSR count). The number of azo groups is 2. The molecule has 0 atom stereocenters. The molecule has 6 aromatic carbocycles. The highest BCUT2D eigenvalue weighted by atomic mass is 127. The molecule has 0 saturated heterocycles. The fourth-order valence-electron chi connectivity index (χ4n) is 5.16. The summed E-state index contributed by atoms with van der Waals surface area (Å²) in [6.45, 7) is 0. The molecule has 0 saturated carbocycles. The van der Waals surface area contributed by atoms with E-state index in [4.69, 9.17) is 11.5 Å². The van der Waals surface area contributed by atoms with Crippen LogP contribution in [-0.4, -0.2) is 36.2 Å². The molecule has 6 aromatic rings. The molecule has 50 heavy (non-hydrogen) atoms. The smallest absolute Gasteiger partial charge is 0.295 e. The minimum atomic E-state index is -4.69. The Kier molecular flexibility index (Phi) is 9.43. The number of nitrogens with two attached hydrogens (primary N) is 2. The van der Waals surface area contributed by atoms with Crippen LogP contribution in [0, 0.1) is 7.14 Å². The van der Waals surface area contributed by atoms with Crippen LogP contribution < -0.4 is 11.5 Å². The quantitative estimate of drug-likeness (QED) is 0.0384. The van der Waals surface area contributed by atoms with Crippen LogP contribution in [-0.2, 0) is 20.2 Å². The Hall–Kier alpha value is -4.48. The van der Waals surface area contributed by atoms with Gasteiger partial charge in [0.05, 0.1) is 40.7 Å². The Bertz CT molecular complexity index is 2470. The van der Waals surface area contributed by atoms with Crippen molar-refractivity contribution in [3.8, 4) is 22.6 Å². The third-order valence-corrected chi connectivity index (χ3v) is 11.1. The summed E-state index contributed by atoms with van der Waals surface area (Å²) in [5, 5.41) is 37.8. The van der Waals surface area contributed by atoms with E-state index in [1.54, 1.807) is 48.5 Å². The van der Waals surface area contributed by atoms with E-state index in [9.17, 15) is 36.2 Å². The van der Waals surface area contributed by atoms with Crippen LogP contribution in [0.1, 0.15) is 0 Å². The van der Waals surface area contributed by atoms with Gasteiger partial charge in [-0.15, -0.1) is 10.2 Å². The van der Waals surface area contributed by atoms with Gasteiger partial charge in [0.25, 0.3) is 20.2 Å². The van der Waals surface area contributed by atoms with Crippen molar-refractivity contribution < 1.29 is 36.2 Å². The van der Waals surface area contributed by atoms with Gasteiger partial charge in [0.1, 0.15) is 32.7 Å². The summed E-state index contributed by atoms with van der Waals surface area (Å²) in [6.07, 6.45) is 0. The van der Waals surface area contributed by atoms with Crippen LogP contribution in [0.2, 0.25) is 0 Å². The van der Waals surface area contributed by atoms with E-state index in [0.717, 1.165) is 23.3 Å². The van der Waals surface area contributed by atoms with Gasteiger partial charge < -0.3 is 21.7 Å². The molecule has 18 heteroatoms. The van der Waals surface area contributed by atoms with Crippen molar-refractivity contribution in [2.24, 2.45) is 20.5 Å². The van der Waals surface area contributed by atoms with Crippen molar-refractivity contribution in [1.29, 1.82) is 0 Å². The van der Waals surface area contributed by atoms with Crippen molar-refractivity contribution in [3.05, 3.63) is 92.1 Å². The van der Waals surface area contributed by atoms with Crippen LogP contribution in [0.25, 0.3) is 32.7 Å². The fraction of sp³-hybridized carbons (Fsp3) is 0. The lowest BCUT2D eigenvalue weighted by Crippen LogP contribution is -2.01. The van der Waals surface area contributed by atoms with Crippen LogP contribution in [0.3, 0.4) is 0 Å². The molecule has 8 N–H and O–H groups in total. The van der Waals surface area contributed by atoms with Gasteiger partial charge in [-0.2, -0.15) is 27.1 Å². The summed E-state index contributed by atoms with van der Waals surface area (Å²) in [5.41, 5.74) is 14.7. The average Bonchev–Trinajstić information content (AvgIpc) is 3.06. The Morgan fingerprint density at radius 1 is 0.520 bits per heavy atom. The number of hydrogen-bond donors (Lipinski definition) is 6. The lowest BCUT2D eigenvalue weighted by atomic mass is 10.1. The maximum atomic E-state index is 12.1. The van der Waals surface area contributed by atoms with Crippen molar-refractivity contribution in [3.63, 3.8) is 0 Å². The minimum absolute atomic E-state index is 0.0175.